The van der Waals surface area contributed by atoms with Gasteiger partial charge < -0.3 is 0 Å². The van der Waals surface area contributed by atoms with Crippen LogP contribution in [0.15, 0.2) is 17.0 Å². The van der Waals surface area contributed by atoms with E-state index in [1.807, 2.05) is 0 Å². The molecule has 0 aromatic carbocycles. The van der Waals surface area contributed by atoms with Crippen LogP contribution in [-0.4, -0.2) is 10.5 Å². The molecule has 0 radical (unpaired) electrons. The van der Waals surface area contributed by atoms with Gasteiger partial charge in [0.1, 0.15) is 10.3 Å². The number of halogens is 2. The van der Waals surface area contributed by atoms with Gasteiger partial charge in [-0.05, 0) is 44.9 Å². The molecule has 1 N–H and O–H groups in total. The monoisotopic (exact) mass is 250 g/mol. The van der Waals surface area contributed by atoms with Gasteiger partial charge in [0.15, 0.2) is 0 Å². The lowest BCUT2D eigenvalue weighted by Gasteiger charge is -2.19. The highest BCUT2D eigenvalue weighted by molar-refractivity contribution is 7.97. The summed E-state index contributed by atoms with van der Waals surface area (Å²) in [6.45, 7) is 6.26. The molecule has 78 valence electrons. The van der Waals surface area contributed by atoms with E-state index in [4.69, 9.17) is 23.2 Å². The molecule has 0 saturated carbocycles. The number of hydrogen-bond donors (Lipinski definition) is 1. The number of nitrogens with zero attached hydrogens (tertiary/aromatic N) is 1. The van der Waals surface area contributed by atoms with Crippen LogP contribution in [0, 0.1) is 0 Å². The van der Waals surface area contributed by atoms with Gasteiger partial charge in [-0.2, -0.15) is 0 Å². The number of hydrogen-bond acceptors (Lipinski definition) is 3. The predicted octanol–water partition coefficient (Wildman–Crippen LogP) is 3.78. The van der Waals surface area contributed by atoms with Crippen molar-refractivity contribution in [3.63, 3.8) is 0 Å². The first-order chi connectivity index (χ1) is 6.37. The zero-order chi connectivity index (χ0) is 10.8. The molecule has 1 rings (SSSR count). The number of nitrogens with one attached hydrogen (secondary N) is 1. The molecule has 1 heterocycles. The maximum atomic E-state index is 5.76. The molecule has 0 spiro atoms. The Morgan fingerprint density at radius 2 is 1.71 bits per heavy atom. The fourth-order valence-electron chi connectivity index (χ4n) is 0.714. The summed E-state index contributed by atoms with van der Waals surface area (Å²) in [6, 6.07) is 3.55. The molecule has 0 saturated heterocycles. The Morgan fingerprint density at radius 3 is 2.14 bits per heavy atom. The molecule has 2 nitrogen and oxygen atoms in total. The van der Waals surface area contributed by atoms with Gasteiger partial charge in [-0.3, -0.25) is 4.72 Å². The van der Waals surface area contributed by atoms with E-state index in [1.165, 1.54) is 11.9 Å². The molecule has 0 unspecified atom stereocenters. The maximum Gasteiger partial charge on any atom is 0.131 e. The molecule has 1 aromatic heterocycles. The van der Waals surface area contributed by atoms with Gasteiger partial charge in [0.05, 0.1) is 0 Å². The molecule has 5 heteroatoms. The van der Waals surface area contributed by atoms with Crippen LogP contribution in [0.25, 0.3) is 0 Å². The van der Waals surface area contributed by atoms with E-state index in [0.29, 0.717) is 10.3 Å². The van der Waals surface area contributed by atoms with Crippen molar-refractivity contribution in [1.82, 2.24) is 9.71 Å². The van der Waals surface area contributed by atoms with Gasteiger partial charge in [0, 0.05) is 10.4 Å². The third-order valence-electron chi connectivity index (χ3n) is 1.21. The third kappa shape index (κ3) is 4.51. The Kier molecular flexibility index (Phi) is 4.07. The second-order valence-electron chi connectivity index (χ2n) is 3.90. The van der Waals surface area contributed by atoms with Crippen molar-refractivity contribution in [2.24, 2.45) is 0 Å². The Balaban J connectivity index is 2.68. The van der Waals surface area contributed by atoms with Gasteiger partial charge in [0.2, 0.25) is 0 Å². The number of pyridine rings is 1. The molecule has 0 aliphatic heterocycles. The number of aromatic nitrogens is 1. The van der Waals surface area contributed by atoms with Gasteiger partial charge in [-0.15, -0.1) is 0 Å². The molecule has 1 aromatic rings. The zero-order valence-electron chi connectivity index (χ0n) is 8.27. The standard InChI is InChI=1S/C9H12Cl2N2S/c1-9(2,3)13-14-6-4-7(10)12-8(11)5-6/h4-5,13H,1-3H3. The molecule has 0 atom stereocenters. The van der Waals surface area contributed by atoms with Crippen LogP contribution in [0.4, 0.5) is 0 Å². The van der Waals surface area contributed by atoms with E-state index in [1.54, 1.807) is 12.1 Å². The van der Waals surface area contributed by atoms with Crippen LogP contribution in [-0.2, 0) is 0 Å². The van der Waals surface area contributed by atoms with E-state index in [-0.39, 0.29) is 5.54 Å². The zero-order valence-corrected chi connectivity index (χ0v) is 10.6. The van der Waals surface area contributed by atoms with Gasteiger partial charge in [-0.1, -0.05) is 23.2 Å². The minimum absolute atomic E-state index is 0.0485. The summed E-state index contributed by atoms with van der Waals surface area (Å²) in [5.41, 5.74) is 0.0485. The average Bonchev–Trinajstić information content (AvgIpc) is 1.97. The summed E-state index contributed by atoms with van der Waals surface area (Å²) < 4.78 is 3.26. The van der Waals surface area contributed by atoms with Crippen LogP contribution in [0.1, 0.15) is 20.8 Å². The SMILES string of the molecule is CC(C)(C)NSc1cc(Cl)nc(Cl)c1. The minimum atomic E-state index is 0.0485. The van der Waals surface area contributed by atoms with Gasteiger partial charge in [0.25, 0.3) is 0 Å². The molecule has 14 heavy (non-hydrogen) atoms. The molecule has 0 fully saturated rings. The van der Waals surface area contributed by atoms with Crippen LogP contribution >= 0.6 is 35.1 Å². The topological polar surface area (TPSA) is 24.9 Å². The maximum absolute atomic E-state index is 5.76. The highest BCUT2D eigenvalue weighted by atomic mass is 35.5. The summed E-state index contributed by atoms with van der Waals surface area (Å²) in [5, 5.41) is 0.825. The van der Waals surface area contributed by atoms with Crippen molar-refractivity contribution in [2.75, 3.05) is 0 Å². The Hall–Kier alpha value is 0.0400. The predicted molar refractivity (Wildman–Crippen MR) is 63.0 cm³/mol. The van der Waals surface area contributed by atoms with E-state index < -0.39 is 0 Å². The lowest BCUT2D eigenvalue weighted by atomic mass is 10.1. The first-order valence-electron chi connectivity index (χ1n) is 4.14. The van der Waals surface area contributed by atoms with Crippen LogP contribution in [0.5, 0.6) is 0 Å². The Bertz CT molecular complexity index is 303. The molecular weight excluding hydrogens is 239 g/mol. The fourth-order valence-corrected chi connectivity index (χ4v) is 2.07. The van der Waals surface area contributed by atoms with E-state index in [2.05, 4.69) is 30.5 Å². The smallest absolute Gasteiger partial charge is 0.131 e. The molecule has 0 aliphatic carbocycles. The second kappa shape index (κ2) is 4.71. The lowest BCUT2D eigenvalue weighted by molar-refractivity contribution is 0.535. The van der Waals surface area contributed by atoms with Crippen LogP contribution in [0.2, 0.25) is 10.3 Å². The van der Waals surface area contributed by atoms with Gasteiger partial charge in [-0.25, -0.2) is 4.98 Å². The fraction of sp³-hybridized carbons (Fsp3) is 0.444. The van der Waals surface area contributed by atoms with E-state index in [9.17, 15) is 0 Å². The average molecular weight is 251 g/mol. The highest BCUT2D eigenvalue weighted by Gasteiger charge is 2.09. The first-order valence-corrected chi connectivity index (χ1v) is 5.71. The molecule has 0 amide bonds. The van der Waals surface area contributed by atoms with Crippen molar-refractivity contribution in [2.45, 2.75) is 31.2 Å². The van der Waals surface area contributed by atoms with Crippen molar-refractivity contribution in [3.8, 4) is 0 Å². The third-order valence-corrected chi connectivity index (χ3v) is 2.78. The normalized spacial score (nSPS) is 11.8. The van der Waals surface area contributed by atoms with Gasteiger partial charge >= 0.3 is 0 Å². The Labute approximate surface area is 98.5 Å². The first kappa shape index (κ1) is 12.1. The van der Waals surface area contributed by atoms with Crippen molar-refractivity contribution in [1.29, 1.82) is 0 Å². The highest BCUT2D eigenvalue weighted by Crippen LogP contribution is 2.23. The number of rotatable bonds is 2. The summed E-state index contributed by atoms with van der Waals surface area (Å²) in [4.78, 5) is 4.83. The molecule has 0 bridgehead atoms. The van der Waals surface area contributed by atoms with E-state index >= 15 is 0 Å². The second-order valence-corrected chi connectivity index (χ2v) is 5.56. The van der Waals surface area contributed by atoms with Crippen LogP contribution < -0.4 is 4.72 Å². The van der Waals surface area contributed by atoms with E-state index in [0.717, 1.165) is 4.90 Å². The van der Waals surface area contributed by atoms with Crippen LogP contribution in [0.3, 0.4) is 0 Å². The summed E-state index contributed by atoms with van der Waals surface area (Å²) in [6.07, 6.45) is 0. The summed E-state index contributed by atoms with van der Waals surface area (Å²) in [5.74, 6) is 0. The van der Waals surface area contributed by atoms with Crippen molar-refractivity contribution < 1.29 is 0 Å². The lowest BCUT2D eigenvalue weighted by Crippen LogP contribution is -2.29. The quantitative estimate of drug-likeness (QED) is 0.639. The Morgan fingerprint density at radius 1 is 1.21 bits per heavy atom. The molecule has 0 aliphatic rings. The summed E-state index contributed by atoms with van der Waals surface area (Å²) in [7, 11) is 0. The van der Waals surface area contributed by atoms with Crippen molar-refractivity contribution in [3.05, 3.63) is 22.4 Å². The minimum Gasteiger partial charge on any atom is -0.255 e. The largest absolute Gasteiger partial charge is 0.255 e. The molecular formula is C9H12Cl2N2S. The van der Waals surface area contributed by atoms with Crippen molar-refractivity contribution >= 4 is 35.1 Å². The summed E-state index contributed by atoms with van der Waals surface area (Å²) >= 11 is 13.0.